The van der Waals surface area contributed by atoms with Crippen LogP contribution < -0.4 is 16.2 Å². The Kier molecular flexibility index (Phi) is 7.92. The molecule has 0 aliphatic carbocycles. The van der Waals surface area contributed by atoms with E-state index in [-0.39, 0.29) is 11.6 Å². The number of anilines is 1. The maximum atomic E-state index is 12.6. The van der Waals surface area contributed by atoms with Crippen molar-refractivity contribution in [1.29, 1.82) is 0 Å². The number of likely N-dealkylation sites (tertiary alicyclic amines) is 1. The number of amides is 3. The van der Waals surface area contributed by atoms with Crippen LogP contribution in [0.1, 0.15) is 23.2 Å². The van der Waals surface area contributed by atoms with Crippen molar-refractivity contribution in [1.82, 2.24) is 25.3 Å². The fourth-order valence-corrected chi connectivity index (χ4v) is 4.50. The third-order valence-electron chi connectivity index (χ3n) is 5.55. The molecule has 0 bridgehead atoms. The molecule has 2 aromatic rings. The molecule has 3 rings (SSSR count). The molecule has 3 heterocycles. The number of carbonyl (C=O) groups excluding carboxylic acids is 2. The molecule has 0 aromatic carbocycles. The van der Waals surface area contributed by atoms with Gasteiger partial charge in [0, 0.05) is 51.6 Å². The summed E-state index contributed by atoms with van der Waals surface area (Å²) in [4.78, 5) is 40.5. The van der Waals surface area contributed by atoms with Crippen LogP contribution in [0, 0.1) is 0 Å². The minimum absolute atomic E-state index is 0.164. The molecule has 1 unspecified atom stereocenters. The predicted octanol–water partition coefficient (Wildman–Crippen LogP) is 2.29. The molecule has 0 radical (unpaired) electrons. The first-order chi connectivity index (χ1) is 15.7. The van der Waals surface area contributed by atoms with Crippen LogP contribution >= 0.6 is 0 Å². The van der Waals surface area contributed by atoms with E-state index in [1.165, 1.54) is 11.1 Å². The second-order valence-corrected chi connectivity index (χ2v) is 15.0. The Morgan fingerprint density at radius 2 is 2.15 bits per heavy atom. The van der Waals surface area contributed by atoms with Crippen LogP contribution in [0.3, 0.4) is 0 Å². The Balaban J connectivity index is 1.86. The number of fused-ring (bicyclic) bond motifs is 1. The summed E-state index contributed by atoms with van der Waals surface area (Å²) in [5.74, 6) is -0.524. The van der Waals surface area contributed by atoms with Gasteiger partial charge in [-0.25, -0.2) is 9.78 Å². The highest BCUT2D eigenvalue weighted by atomic mass is 28.3. The van der Waals surface area contributed by atoms with Crippen LogP contribution in [0.4, 0.5) is 10.5 Å². The molecule has 11 nitrogen and oxygen atoms in total. The van der Waals surface area contributed by atoms with E-state index >= 15 is 0 Å². The third kappa shape index (κ3) is 6.45. The van der Waals surface area contributed by atoms with E-state index < -0.39 is 20.1 Å². The van der Waals surface area contributed by atoms with Gasteiger partial charge in [0.05, 0.1) is 11.3 Å². The lowest BCUT2D eigenvalue weighted by Crippen LogP contribution is -2.45. The van der Waals surface area contributed by atoms with E-state index in [2.05, 4.69) is 40.8 Å². The van der Waals surface area contributed by atoms with Gasteiger partial charge in [-0.3, -0.25) is 20.4 Å². The van der Waals surface area contributed by atoms with Gasteiger partial charge in [-0.1, -0.05) is 19.6 Å². The minimum atomic E-state index is -1.19. The fraction of sp³-hybridized carbons (Fsp3) is 0.524. The van der Waals surface area contributed by atoms with Crippen molar-refractivity contribution in [3.63, 3.8) is 0 Å². The number of carboxylic acid groups (broad SMARTS) is 1. The van der Waals surface area contributed by atoms with Gasteiger partial charge >= 0.3 is 6.09 Å². The monoisotopic (exact) mass is 476 g/mol. The van der Waals surface area contributed by atoms with Gasteiger partial charge < -0.3 is 24.6 Å². The molecule has 180 valence electrons. The van der Waals surface area contributed by atoms with E-state index in [0.717, 1.165) is 24.3 Å². The lowest BCUT2D eigenvalue weighted by atomic mass is 10.0. The van der Waals surface area contributed by atoms with Crippen molar-refractivity contribution in [3.05, 3.63) is 24.0 Å². The molecule has 4 N–H and O–H groups in total. The molecule has 2 aromatic heterocycles. The van der Waals surface area contributed by atoms with E-state index in [1.807, 2.05) is 16.8 Å². The highest BCUT2D eigenvalue weighted by Crippen LogP contribution is 2.29. The normalized spacial score (nSPS) is 16.5. The predicted molar refractivity (Wildman–Crippen MR) is 127 cm³/mol. The van der Waals surface area contributed by atoms with E-state index in [1.54, 1.807) is 0 Å². The number of hydrogen-bond donors (Lipinski definition) is 4. The molecule has 1 aliphatic rings. The van der Waals surface area contributed by atoms with Crippen LogP contribution in [0.25, 0.3) is 11.0 Å². The van der Waals surface area contributed by atoms with E-state index in [9.17, 15) is 19.5 Å². The molecular weight excluding hydrogens is 444 g/mol. The minimum Gasteiger partial charge on any atom is -0.465 e. The largest absolute Gasteiger partial charge is 0.465 e. The topological polar surface area (TPSA) is 138 Å². The number of aromatic nitrogens is 2. The van der Waals surface area contributed by atoms with Crippen LogP contribution in [0.2, 0.25) is 25.7 Å². The lowest BCUT2D eigenvalue weighted by molar-refractivity contribution is -0.110. The Hall–Kier alpha value is -3.12. The standard InChI is InChI=1S/C21H32N6O5Si/c1-33(2,3)10-9-32-14-27-8-6-16-18(24-15-5-4-7-26(12-15)21(30)31)17(11-22-19(16)27)20(29)25-23-13-28/h6,8,11,13,15H,4-5,7,9-10,12,14H2,1-3H3,(H,22,24)(H,23,28)(H,25,29)(H,30,31). The zero-order valence-electron chi connectivity index (χ0n) is 19.3. The molecule has 1 saturated heterocycles. The summed E-state index contributed by atoms with van der Waals surface area (Å²) < 4.78 is 7.74. The molecule has 0 spiro atoms. The van der Waals surface area contributed by atoms with Crippen molar-refractivity contribution >= 4 is 43.2 Å². The number of hydrogen-bond acceptors (Lipinski definition) is 6. The van der Waals surface area contributed by atoms with Crippen molar-refractivity contribution in [2.75, 3.05) is 25.0 Å². The maximum Gasteiger partial charge on any atom is 0.407 e. The Morgan fingerprint density at radius 1 is 1.36 bits per heavy atom. The number of hydrazine groups is 1. The first-order valence-electron chi connectivity index (χ1n) is 11.0. The van der Waals surface area contributed by atoms with Crippen molar-refractivity contribution in [3.8, 4) is 0 Å². The summed E-state index contributed by atoms with van der Waals surface area (Å²) in [6, 6.07) is 2.75. The number of pyridine rings is 1. The first-order valence-corrected chi connectivity index (χ1v) is 14.7. The van der Waals surface area contributed by atoms with Gasteiger partial charge in [0.2, 0.25) is 6.41 Å². The molecular formula is C21H32N6O5Si. The van der Waals surface area contributed by atoms with Gasteiger partial charge in [0.15, 0.2) is 0 Å². The van der Waals surface area contributed by atoms with Crippen LogP contribution in [-0.4, -0.2) is 71.8 Å². The van der Waals surface area contributed by atoms with Crippen LogP contribution in [0.5, 0.6) is 0 Å². The smallest absolute Gasteiger partial charge is 0.407 e. The van der Waals surface area contributed by atoms with Crippen LogP contribution in [0.15, 0.2) is 18.5 Å². The second-order valence-electron chi connectivity index (χ2n) is 9.35. The van der Waals surface area contributed by atoms with E-state index in [0.29, 0.717) is 44.2 Å². The Morgan fingerprint density at radius 3 is 2.85 bits per heavy atom. The Bertz CT molecular complexity index is 1000. The average Bonchev–Trinajstić information content (AvgIpc) is 3.18. The maximum absolute atomic E-state index is 12.6. The SMILES string of the molecule is C[Si](C)(C)CCOCn1ccc2c(NC3CCCN(C(=O)O)C3)c(C(=O)NNC=O)cnc21. The van der Waals surface area contributed by atoms with Gasteiger partial charge in [0.25, 0.3) is 5.91 Å². The number of rotatable bonds is 10. The van der Waals surface area contributed by atoms with Gasteiger partial charge in [-0.2, -0.15) is 0 Å². The summed E-state index contributed by atoms with van der Waals surface area (Å²) in [7, 11) is -1.19. The van der Waals surface area contributed by atoms with Gasteiger partial charge in [-0.15, -0.1) is 0 Å². The van der Waals surface area contributed by atoms with Crippen molar-refractivity contribution in [2.45, 2.75) is 51.3 Å². The Labute approximate surface area is 193 Å². The van der Waals surface area contributed by atoms with Gasteiger partial charge in [-0.05, 0) is 25.0 Å². The quantitative estimate of drug-likeness (QED) is 0.179. The summed E-state index contributed by atoms with van der Waals surface area (Å²) in [5, 5.41) is 13.4. The van der Waals surface area contributed by atoms with E-state index in [4.69, 9.17) is 4.74 Å². The zero-order chi connectivity index (χ0) is 24.0. The number of nitrogens with one attached hydrogen (secondary N) is 3. The zero-order valence-corrected chi connectivity index (χ0v) is 20.3. The molecule has 1 fully saturated rings. The number of nitrogens with zero attached hydrogens (tertiary/aromatic N) is 3. The fourth-order valence-electron chi connectivity index (χ4n) is 3.75. The summed E-state index contributed by atoms with van der Waals surface area (Å²) in [5.41, 5.74) is 5.91. The molecule has 3 amide bonds. The number of piperidine rings is 1. The third-order valence-corrected chi connectivity index (χ3v) is 7.25. The average molecular weight is 477 g/mol. The van der Waals surface area contributed by atoms with Crippen molar-refractivity contribution in [2.24, 2.45) is 0 Å². The van der Waals surface area contributed by atoms with Crippen molar-refractivity contribution < 1.29 is 24.2 Å². The summed E-state index contributed by atoms with van der Waals surface area (Å²) >= 11 is 0. The highest BCUT2D eigenvalue weighted by molar-refractivity contribution is 6.76. The molecule has 0 saturated carbocycles. The number of carbonyl (C=O) groups is 3. The number of ether oxygens (including phenoxy) is 1. The molecule has 12 heteroatoms. The summed E-state index contributed by atoms with van der Waals surface area (Å²) in [6.45, 7) is 8.70. The van der Waals surface area contributed by atoms with Gasteiger partial charge in [0.1, 0.15) is 12.4 Å². The first kappa shape index (κ1) is 24.5. The highest BCUT2D eigenvalue weighted by Gasteiger charge is 2.26. The van der Waals surface area contributed by atoms with Crippen LogP contribution in [-0.2, 0) is 16.3 Å². The lowest BCUT2D eigenvalue weighted by Gasteiger charge is -2.32. The molecule has 33 heavy (non-hydrogen) atoms. The second kappa shape index (κ2) is 10.7. The molecule has 1 aliphatic heterocycles. The summed E-state index contributed by atoms with van der Waals surface area (Å²) in [6.07, 6.45) is 4.20. The molecule has 1 atom stereocenters.